The number of hydrogen-bond donors (Lipinski definition) is 4. The molecule has 2 atom stereocenters. The number of carbonyl (C=O) groups excluding carboxylic acids is 1. The molecule has 10 heteroatoms. The van der Waals surface area contributed by atoms with Crippen molar-refractivity contribution < 1.29 is 13.6 Å². The summed E-state index contributed by atoms with van der Waals surface area (Å²) < 4.78 is 28.7. The largest absolute Gasteiger partial charge is 0.385 e. The van der Waals surface area contributed by atoms with Crippen LogP contribution in [0.1, 0.15) is 41.5 Å². The van der Waals surface area contributed by atoms with E-state index in [1.54, 1.807) is 17.0 Å². The third-order valence-corrected chi connectivity index (χ3v) is 7.02. The summed E-state index contributed by atoms with van der Waals surface area (Å²) in [6.45, 7) is 0.938. The van der Waals surface area contributed by atoms with Crippen LogP contribution in [0.15, 0.2) is 41.5 Å². The number of amidine groups is 1. The van der Waals surface area contributed by atoms with Crippen LogP contribution >= 0.6 is 0 Å². The molecule has 0 radical (unpaired) electrons. The zero-order chi connectivity index (χ0) is 25.0. The number of benzene rings is 2. The van der Waals surface area contributed by atoms with Crippen LogP contribution in [0.2, 0.25) is 0 Å². The Morgan fingerprint density at radius 3 is 2.69 bits per heavy atom. The summed E-state index contributed by atoms with van der Waals surface area (Å²) in [5, 5.41) is 16.5. The van der Waals surface area contributed by atoms with Crippen molar-refractivity contribution in [3.63, 3.8) is 0 Å². The summed E-state index contributed by atoms with van der Waals surface area (Å²) >= 11 is 0. The second-order valence-corrected chi connectivity index (χ2v) is 8.94. The fourth-order valence-electron chi connectivity index (χ4n) is 5.37. The highest BCUT2D eigenvalue weighted by molar-refractivity contribution is 5.96. The average molecular weight is 482 g/mol. The van der Waals surface area contributed by atoms with E-state index in [0.717, 1.165) is 23.1 Å². The standard InChI is InChI=1S/C25H29F2N7O/c26-18-7-8-21-17(12-18)4-3-16-5-6-19(27)13-22(16)25(21,24(29)32-33-30)9-10-31-15-23(35)34-11-1-2-20(34)14-28/h5-8,12-13,20,31,33H,1-4,9-11,15,30H2,(H2,29,32)/t20-,25?/m0/s1. The van der Waals surface area contributed by atoms with Gasteiger partial charge in [0.05, 0.1) is 18.0 Å². The van der Waals surface area contributed by atoms with Crippen LogP contribution in [-0.2, 0) is 23.1 Å². The maximum atomic E-state index is 14.5. The Kier molecular flexibility index (Phi) is 7.28. The highest BCUT2D eigenvalue weighted by Gasteiger charge is 2.43. The predicted molar refractivity (Wildman–Crippen MR) is 128 cm³/mol. The molecule has 1 amide bonds. The van der Waals surface area contributed by atoms with Gasteiger partial charge in [-0.2, -0.15) is 10.4 Å². The molecule has 184 valence electrons. The number of aryl methyl sites for hydroxylation is 2. The fourth-order valence-corrected chi connectivity index (χ4v) is 5.37. The Balaban J connectivity index is 1.69. The van der Waals surface area contributed by atoms with Gasteiger partial charge in [0.15, 0.2) is 0 Å². The first-order valence-electron chi connectivity index (χ1n) is 11.7. The molecule has 35 heavy (non-hydrogen) atoms. The van der Waals surface area contributed by atoms with E-state index in [2.05, 4.69) is 22.0 Å². The van der Waals surface area contributed by atoms with Crippen LogP contribution < -0.4 is 22.4 Å². The number of hydrazine groups is 1. The minimum absolute atomic E-state index is 0.0483. The molecule has 1 aliphatic heterocycles. The lowest BCUT2D eigenvalue weighted by Crippen LogP contribution is -2.47. The topological polar surface area (TPSA) is 133 Å². The Bertz CT molecular complexity index is 1180. The van der Waals surface area contributed by atoms with Crippen molar-refractivity contribution >= 4 is 11.7 Å². The van der Waals surface area contributed by atoms with Gasteiger partial charge in [-0.1, -0.05) is 12.1 Å². The zero-order valence-electron chi connectivity index (χ0n) is 19.4. The molecule has 6 N–H and O–H groups in total. The van der Waals surface area contributed by atoms with E-state index in [1.807, 2.05) is 0 Å². The lowest BCUT2D eigenvalue weighted by molar-refractivity contribution is -0.130. The van der Waals surface area contributed by atoms with Gasteiger partial charge in [-0.15, -0.1) is 0 Å². The fraction of sp³-hybridized carbons (Fsp3) is 0.400. The molecule has 0 aromatic heterocycles. The number of halogens is 2. The molecule has 4 rings (SSSR count). The molecule has 8 nitrogen and oxygen atoms in total. The smallest absolute Gasteiger partial charge is 0.237 e. The zero-order valence-corrected chi connectivity index (χ0v) is 19.4. The molecule has 2 aliphatic rings. The third kappa shape index (κ3) is 4.70. The van der Waals surface area contributed by atoms with Crippen molar-refractivity contribution in [2.45, 2.75) is 43.6 Å². The monoisotopic (exact) mass is 481 g/mol. The third-order valence-electron chi connectivity index (χ3n) is 7.02. The van der Waals surface area contributed by atoms with E-state index in [0.29, 0.717) is 44.3 Å². The van der Waals surface area contributed by atoms with Gasteiger partial charge in [0.1, 0.15) is 23.5 Å². The lowest BCUT2D eigenvalue weighted by atomic mass is 9.69. The van der Waals surface area contributed by atoms with E-state index in [1.165, 1.54) is 24.3 Å². The van der Waals surface area contributed by atoms with Crippen LogP contribution in [0.4, 0.5) is 8.78 Å². The number of nitrogens with one attached hydrogen (secondary N) is 2. The van der Waals surface area contributed by atoms with E-state index in [-0.39, 0.29) is 24.1 Å². The van der Waals surface area contributed by atoms with Crippen LogP contribution in [0.3, 0.4) is 0 Å². The molecule has 1 saturated heterocycles. The second-order valence-electron chi connectivity index (χ2n) is 8.94. The van der Waals surface area contributed by atoms with E-state index >= 15 is 0 Å². The van der Waals surface area contributed by atoms with Gasteiger partial charge in [-0.05, 0) is 85.2 Å². The average Bonchev–Trinajstić information content (AvgIpc) is 3.28. The summed E-state index contributed by atoms with van der Waals surface area (Å²) in [6, 6.07) is 10.8. The van der Waals surface area contributed by atoms with Gasteiger partial charge >= 0.3 is 0 Å². The summed E-state index contributed by atoms with van der Waals surface area (Å²) in [4.78, 5) is 14.3. The van der Waals surface area contributed by atoms with Crippen molar-refractivity contribution in [2.24, 2.45) is 16.7 Å². The van der Waals surface area contributed by atoms with Crippen molar-refractivity contribution in [1.29, 1.82) is 5.26 Å². The summed E-state index contributed by atoms with van der Waals surface area (Å²) in [5.74, 6) is 4.64. The number of nitrogens with zero attached hydrogens (tertiary/aromatic N) is 3. The predicted octanol–water partition coefficient (Wildman–Crippen LogP) is 1.58. The number of fused-ring (bicyclic) bond motifs is 2. The van der Waals surface area contributed by atoms with Gasteiger partial charge < -0.3 is 16.0 Å². The maximum absolute atomic E-state index is 14.5. The van der Waals surface area contributed by atoms with Gasteiger partial charge in [0, 0.05) is 6.54 Å². The van der Waals surface area contributed by atoms with Gasteiger partial charge in [-0.25, -0.2) is 20.2 Å². The first kappa shape index (κ1) is 24.6. The number of nitriles is 1. The minimum Gasteiger partial charge on any atom is -0.385 e. The lowest BCUT2D eigenvalue weighted by Gasteiger charge is -2.36. The molecule has 1 aliphatic carbocycles. The number of hydrogen-bond acceptors (Lipinski definition) is 6. The van der Waals surface area contributed by atoms with Gasteiger partial charge in [-0.3, -0.25) is 4.79 Å². The van der Waals surface area contributed by atoms with Gasteiger partial charge in [0.2, 0.25) is 5.91 Å². The Labute approximate surface area is 202 Å². The number of carbonyl (C=O) groups is 1. The highest BCUT2D eigenvalue weighted by atomic mass is 19.1. The Hall–Kier alpha value is -3.55. The molecular formula is C25H29F2N7O. The molecule has 0 saturated carbocycles. The van der Waals surface area contributed by atoms with Crippen LogP contribution in [-0.4, -0.2) is 42.3 Å². The van der Waals surface area contributed by atoms with Crippen molar-refractivity contribution in [1.82, 2.24) is 15.8 Å². The molecule has 0 spiro atoms. The van der Waals surface area contributed by atoms with E-state index < -0.39 is 17.3 Å². The van der Waals surface area contributed by atoms with Crippen LogP contribution in [0.25, 0.3) is 0 Å². The van der Waals surface area contributed by atoms with Crippen LogP contribution in [0.5, 0.6) is 0 Å². The maximum Gasteiger partial charge on any atom is 0.237 e. The minimum atomic E-state index is -1.11. The Morgan fingerprint density at radius 1 is 1.17 bits per heavy atom. The summed E-state index contributed by atoms with van der Waals surface area (Å²) in [7, 11) is 0. The molecule has 0 bridgehead atoms. The molecule has 2 aromatic rings. The quantitative estimate of drug-likeness (QED) is 0.156. The normalized spacial score (nSPS) is 21.6. The van der Waals surface area contributed by atoms with E-state index in [9.17, 15) is 18.8 Å². The first-order chi connectivity index (χ1) is 16.9. The first-order valence-corrected chi connectivity index (χ1v) is 11.7. The molecule has 1 unspecified atom stereocenters. The number of hydrazone groups is 1. The van der Waals surface area contributed by atoms with Crippen LogP contribution in [0, 0.1) is 23.0 Å². The van der Waals surface area contributed by atoms with Crippen molar-refractivity contribution in [3.8, 4) is 6.07 Å². The molecule has 2 aromatic carbocycles. The van der Waals surface area contributed by atoms with Crippen molar-refractivity contribution in [2.75, 3.05) is 19.6 Å². The molecule has 1 fully saturated rings. The SMILES string of the molecule is N#C[C@@H]1CCCN1C(=O)CNCCC1(/C(N)=N/NN)c2ccc(F)cc2CCc2ccc(F)cc21. The highest BCUT2D eigenvalue weighted by Crippen LogP contribution is 2.43. The second kappa shape index (κ2) is 10.4. The number of rotatable bonds is 7. The van der Waals surface area contributed by atoms with Gasteiger partial charge in [0.25, 0.3) is 0 Å². The molecule has 1 heterocycles. The Morgan fingerprint density at radius 2 is 1.91 bits per heavy atom. The molecular weight excluding hydrogens is 452 g/mol. The summed E-state index contributed by atoms with van der Waals surface area (Å²) in [6.07, 6.45) is 2.93. The van der Waals surface area contributed by atoms with Crippen molar-refractivity contribution in [3.05, 3.63) is 70.3 Å². The number of amides is 1. The summed E-state index contributed by atoms with van der Waals surface area (Å²) in [5.41, 5.74) is 10.6. The number of likely N-dealkylation sites (tertiary alicyclic amines) is 1. The van der Waals surface area contributed by atoms with E-state index in [4.69, 9.17) is 11.6 Å². The number of nitrogens with two attached hydrogens (primary N) is 2.